The minimum Gasteiger partial charge on any atom is -0.364 e. The molecule has 0 aliphatic carbocycles. The molecule has 0 aliphatic rings. The highest BCUT2D eigenvalue weighted by Gasteiger charge is 2.29. The van der Waals surface area contributed by atoms with Crippen LogP contribution in [0.25, 0.3) is 11.3 Å². The van der Waals surface area contributed by atoms with Crippen LogP contribution in [-0.4, -0.2) is 28.5 Å². The SMILES string of the molecule is CCO[C@H](C(=O)NCc1ccc(C(=N)NO)cc1)c1c(F)ccc(-c2ccccn2)c1F. The molecule has 1 aromatic heterocycles. The summed E-state index contributed by atoms with van der Waals surface area (Å²) in [7, 11) is 0. The second-order valence-corrected chi connectivity index (χ2v) is 6.77. The lowest BCUT2D eigenvalue weighted by atomic mass is 10.0. The monoisotopic (exact) mass is 440 g/mol. The first kappa shape index (κ1) is 23.0. The molecule has 0 radical (unpaired) electrons. The molecule has 0 saturated carbocycles. The molecule has 0 spiro atoms. The summed E-state index contributed by atoms with van der Waals surface area (Å²) in [6.45, 7) is 1.77. The molecular weight excluding hydrogens is 418 g/mol. The second kappa shape index (κ2) is 10.6. The Hall–Kier alpha value is -3.69. The van der Waals surface area contributed by atoms with Crippen LogP contribution in [0.4, 0.5) is 8.78 Å². The van der Waals surface area contributed by atoms with Crippen LogP contribution in [0.1, 0.15) is 29.7 Å². The normalized spacial score (nSPS) is 11.6. The Morgan fingerprint density at radius 1 is 1.16 bits per heavy atom. The number of carbonyl (C=O) groups excluding carboxylic acids is 1. The van der Waals surface area contributed by atoms with E-state index in [0.717, 1.165) is 6.07 Å². The Morgan fingerprint density at radius 2 is 1.91 bits per heavy atom. The molecule has 0 bridgehead atoms. The van der Waals surface area contributed by atoms with Gasteiger partial charge in [0, 0.05) is 30.5 Å². The van der Waals surface area contributed by atoms with E-state index in [1.807, 2.05) is 0 Å². The van der Waals surface area contributed by atoms with Crippen molar-refractivity contribution in [1.29, 1.82) is 5.41 Å². The van der Waals surface area contributed by atoms with Gasteiger partial charge in [-0.3, -0.25) is 25.9 Å². The predicted molar refractivity (Wildman–Crippen MR) is 114 cm³/mol. The zero-order valence-corrected chi connectivity index (χ0v) is 17.2. The molecule has 1 heterocycles. The van der Waals surface area contributed by atoms with Gasteiger partial charge in [0.2, 0.25) is 0 Å². The third kappa shape index (κ3) is 5.13. The van der Waals surface area contributed by atoms with Crippen LogP contribution < -0.4 is 10.8 Å². The summed E-state index contributed by atoms with van der Waals surface area (Å²) in [6, 6.07) is 13.8. The van der Waals surface area contributed by atoms with Crippen LogP contribution in [0.3, 0.4) is 0 Å². The summed E-state index contributed by atoms with van der Waals surface area (Å²) in [5.74, 6) is -2.67. The zero-order chi connectivity index (χ0) is 23.1. The summed E-state index contributed by atoms with van der Waals surface area (Å²) in [6.07, 6.45) is 0.00290. The molecular formula is C23H22F2N4O3. The molecule has 0 aliphatic heterocycles. The number of rotatable bonds is 8. The number of hydrogen-bond donors (Lipinski definition) is 4. The molecule has 9 heteroatoms. The summed E-state index contributed by atoms with van der Waals surface area (Å²) in [5, 5.41) is 18.9. The first-order chi connectivity index (χ1) is 15.5. The zero-order valence-electron chi connectivity index (χ0n) is 17.2. The average molecular weight is 440 g/mol. The highest BCUT2D eigenvalue weighted by molar-refractivity contribution is 5.95. The summed E-state index contributed by atoms with van der Waals surface area (Å²) >= 11 is 0. The Labute approximate surface area is 183 Å². The molecule has 4 N–H and O–H groups in total. The maximum atomic E-state index is 15.3. The molecule has 3 aromatic rings. The second-order valence-electron chi connectivity index (χ2n) is 6.77. The number of hydrogen-bond acceptors (Lipinski definition) is 5. The average Bonchev–Trinajstić information content (AvgIpc) is 2.82. The van der Waals surface area contributed by atoms with E-state index in [2.05, 4.69) is 10.3 Å². The third-order valence-electron chi connectivity index (χ3n) is 4.72. The van der Waals surface area contributed by atoms with Crippen molar-refractivity contribution in [3.63, 3.8) is 0 Å². The third-order valence-corrected chi connectivity index (χ3v) is 4.72. The highest BCUT2D eigenvalue weighted by Crippen LogP contribution is 2.31. The number of pyridine rings is 1. The van der Waals surface area contributed by atoms with Crippen molar-refractivity contribution < 1.29 is 23.5 Å². The van der Waals surface area contributed by atoms with E-state index in [9.17, 15) is 9.18 Å². The molecule has 0 fully saturated rings. The number of ether oxygens (including phenoxy) is 1. The minimum absolute atomic E-state index is 0.0648. The van der Waals surface area contributed by atoms with E-state index in [1.54, 1.807) is 54.9 Å². The van der Waals surface area contributed by atoms with Gasteiger partial charge in [0.05, 0.1) is 11.3 Å². The molecule has 32 heavy (non-hydrogen) atoms. The molecule has 1 atom stereocenters. The Bertz CT molecular complexity index is 1090. The van der Waals surface area contributed by atoms with Crippen molar-refractivity contribution in [2.45, 2.75) is 19.6 Å². The van der Waals surface area contributed by atoms with E-state index < -0.39 is 29.2 Å². The first-order valence-corrected chi connectivity index (χ1v) is 9.82. The van der Waals surface area contributed by atoms with Gasteiger partial charge in [-0.05, 0) is 36.8 Å². The van der Waals surface area contributed by atoms with E-state index in [0.29, 0.717) is 16.8 Å². The lowest BCUT2D eigenvalue weighted by Gasteiger charge is -2.20. The van der Waals surface area contributed by atoms with E-state index in [4.69, 9.17) is 15.4 Å². The quantitative estimate of drug-likeness (QED) is 0.243. The summed E-state index contributed by atoms with van der Waals surface area (Å²) in [4.78, 5) is 16.9. The number of amides is 1. The number of halogens is 2. The molecule has 7 nitrogen and oxygen atoms in total. The number of benzene rings is 2. The number of nitrogens with zero attached hydrogens (tertiary/aromatic N) is 1. The largest absolute Gasteiger partial charge is 0.364 e. The van der Waals surface area contributed by atoms with Crippen molar-refractivity contribution in [3.8, 4) is 11.3 Å². The van der Waals surface area contributed by atoms with Gasteiger partial charge < -0.3 is 10.1 Å². The number of carbonyl (C=O) groups is 1. The lowest BCUT2D eigenvalue weighted by molar-refractivity contribution is -0.133. The van der Waals surface area contributed by atoms with Crippen LogP contribution in [0.15, 0.2) is 60.8 Å². The fraction of sp³-hybridized carbons (Fsp3) is 0.174. The fourth-order valence-corrected chi connectivity index (χ4v) is 3.12. The van der Waals surface area contributed by atoms with Crippen molar-refractivity contribution >= 4 is 11.7 Å². The van der Waals surface area contributed by atoms with Gasteiger partial charge >= 0.3 is 0 Å². The van der Waals surface area contributed by atoms with Gasteiger partial charge in [-0.1, -0.05) is 30.3 Å². The van der Waals surface area contributed by atoms with Crippen LogP contribution in [0.2, 0.25) is 0 Å². The van der Waals surface area contributed by atoms with Crippen LogP contribution in [-0.2, 0) is 16.1 Å². The molecule has 0 unspecified atom stereocenters. The van der Waals surface area contributed by atoms with Crippen LogP contribution >= 0.6 is 0 Å². The number of hydroxylamine groups is 1. The van der Waals surface area contributed by atoms with E-state index in [-0.39, 0.29) is 24.6 Å². The minimum atomic E-state index is -1.49. The maximum absolute atomic E-state index is 15.3. The Morgan fingerprint density at radius 3 is 2.53 bits per heavy atom. The summed E-state index contributed by atoms with van der Waals surface area (Å²) in [5.41, 5.74) is 2.78. The fourth-order valence-electron chi connectivity index (χ4n) is 3.12. The molecule has 0 saturated heterocycles. The predicted octanol–water partition coefficient (Wildman–Crippen LogP) is 3.72. The highest BCUT2D eigenvalue weighted by atomic mass is 19.1. The van der Waals surface area contributed by atoms with Crippen molar-refractivity contribution in [1.82, 2.24) is 15.8 Å². The van der Waals surface area contributed by atoms with Gasteiger partial charge in [-0.25, -0.2) is 8.78 Å². The molecule has 1 amide bonds. The maximum Gasteiger partial charge on any atom is 0.254 e. The van der Waals surface area contributed by atoms with E-state index in [1.165, 1.54) is 12.3 Å². The Balaban J connectivity index is 1.83. The van der Waals surface area contributed by atoms with Crippen molar-refractivity contribution in [2.75, 3.05) is 6.61 Å². The van der Waals surface area contributed by atoms with Crippen molar-refractivity contribution in [3.05, 3.63) is 89.1 Å². The number of aromatic nitrogens is 1. The van der Waals surface area contributed by atoms with E-state index >= 15 is 4.39 Å². The molecule has 2 aromatic carbocycles. The van der Waals surface area contributed by atoms with Crippen molar-refractivity contribution in [2.24, 2.45) is 0 Å². The van der Waals surface area contributed by atoms with Gasteiger partial charge in [0.1, 0.15) is 17.5 Å². The lowest BCUT2D eigenvalue weighted by Crippen LogP contribution is -2.32. The topological polar surface area (TPSA) is 107 Å². The smallest absolute Gasteiger partial charge is 0.254 e. The molecule has 166 valence electrons. The van der Waals surface area contributed by atoms with Gasteiger partial charge in [-0.2, -0.15) is 0 Å². The van der Waals surface area contributed by atoms with Gasteiger partial charge in [0.25, 0.3) is 5.91 Å². The van der Waals surface area contributed by atoms with Crippen LogP contribution in [0.5, 0.6) is 0 Å². The van der Waals surface area contributed by atoms with Gasteiger partial charge in [-0.15, -0.1) is 0 Å². The van der Waals surface area contributed by atoms with Gasteiger partial charge in [0.15, 0.2) is 6.10 Å². The standard InChI is InChI=1S/C23H22F2N4O3/c1-2-32-21(23(30)28-13-14-6-8-15(9-7-14)22(26)29-31)19-17(24)11-10-16(20(19)25)18-5-3-4-12-27-18/h3-12,21,31H,2,13H2,1H3,(H2,26,29)(H,28,30)/t21-/m0/s1. The first-order valence-electron chi connectivity index (χ1n) is 9.82. The van der Waals surface area contributed by atoms with Crippen LogP contribution in [0, 0.1) is 17.0 Å². The Kier molecular flexibility index (Phi) is 7.58. The number of nitrogens with one attached hydrogen (secondary N) is 3. The summed E-state index contributed by atoms with van der Waals surface area (Å²) < 4.78 is 35.3. The number of amidine groups is 1. The molecule has 3 rings (SSSR count).